The van der Waals surface area contributed by atoms with Gasteiger partial charge in [-0.1, -0.05) is 29.8 Å². The first-order valence-electron chi connectivity index (χ1n) is 15.8. The number of rotatable bonds is 11. The zero-order valence-electron chi connectivity index (χ0n) is 27.7. The highest BCUT2D eigenvalue weighted by Gasteiger charge is 2.29. The minimum atomic E-state index is -0.695. The van der Waals surface area contributed by atoms with Gasteiger partial charge in [-0.3, -0.25) is 14.0 Å². The molecule has 2 atom stereocenters. The third-order valence-electron chi connectivity index (χ3n) is 7.79. The molecule has 1 fully saturated rings. The van der Waals surface area contributed by atoms with Crippen LogP contribution in [-0.2, 0) is 22.6 Å². The van der Waals surface area contributed by atoms with Crippen molar-refractivity contribution in [1.82, 2.24) is 29.9 Å². The minimum Gasteiger partial charge on any atom is -0.481 e. The van der Waals surface area contributed by atoms with Crippen LogP contribution in [0.5, 0.6) is 5.88 Å². The van der Waals surface area contributed by atoms with Crippen LogP contribution in [0.15, 0.2) is 59.7 Å². The van der Waals surface area contributed by atoms with E-state index in [9.17, 15) is 19.5 Å². The summed E-state index contributed by atoms with van der Waals surface area (Å²) in [4.78, 5) is 48.9. The van der Waals surface area contributed by atoms with Crippen LogP contribution in [0, 0.1) is 0 Å². The number of aliphatic hydroxyl groups excluding tert-OH is 1. The van der Waals surface area contributed by atoms with Crippen LogP contribution in [0.1, 0.15) is 51.7 Å². The molecule has 0 radical (unpaired) electrons. The lowest BCUT2D eigenvalue weighted by Gasteiger charge is -2.29. The molecule has 1 saturated heterocycles. The van der Waals surface area contributed by atoms with Crippen molar-refractivity contribution in [3.63, 3.8) is 0 Å². The number of pyridine rings is 2. The predicted molar refractivity (Wildman–Crippen MR) is 183 cm³/mol. The van der Waals surface area contributed by atoms with E-state index in [4.69, 9.17) is 26.1 Å². The third kappa shape index (κ3) is 8.30. The highest BCUT2D eigenvalue weighted by Crippen LogP contribution is 2.37. The van der Waals surface area contributed by atoms with Gasteiger partial charge in [-0.2, -0.15) is 0 Å². The number of nitrogens with zero attached hydrogens (tertiary/aromatic N) is 4. The lowest BCUT2D eigenvalue weighted by atomic mass is 10.0. The number of benzene rings is 1. The number of hydrogen-bond acceptors (Lipinski definition) is 9. The molecule has 4 aromatic rings. The molecule has 0 unspecified atom stereocenters. The maximum Gasteiger partial charge on any atom is 0.410 e. The van der Waals surface area contributed by atoms with Gasteiger partial charge in [0, 0.05) is 66.7 Å². The lowest BCUT2D eigenvalue weighted by Crippen LogP contribution is -2.43. The lowest BCUT2D eigenvalue weighted by molar-refractivity contribution is -0.119. The molecule has 3 N–H and O–H groups in total. The fraction of sp³-hybridized carbons (Fsp3) is 0.400. The Kier molecular flexibility index (Phi) is 10.7. The molecule has 0 saturated carbocycles. The first kappa shape index (κ1) is 34.8. The quantitative estimate of drug-likeness (QED) is 0.208. The van der Waals surface area contributed by atoms with Gasteiger partial charge in [0.05, 0.1) is 30.5 Å². The second-order valence-electron chi connectivity index (χ2n) is 12.9. The van der Waals surface area contributed by atoms with Gasteiger partial charge in [-0.15, -0.1) is 0 Å². The third-order valence-corrected chi connectivity index (χ3v) is 8.20. The smallest absolute Gasteiger partial charge is 0.410 e. The number of carbonyl (C=O) groups is 2. The van der Waals surface area contributed by atoms with E-state index in [-0.39, 0.29) is 30.6 Å². The SMILES string of the molecule is COc1nc(-c2cccc(-c3ccn4c(=O)c(CNC[C@@H](C)O)cnc4c3)c2Cl)ccc1CN(C[C@@H]1CCC(=O)N1)C(=O)OC(C)(C)C. The molecule has 48 heavy (non-hydrogen) atoms. The van der Waals surface area contributed by atoms with Gasteiger partial charge in [0.25, 0.3) is 5.56 Å². The Morgan fingerprint density at radius 3 is 2.65 bits per heavy atom. The topological polar surface area (TPSA) is 147 Å². The van der Waals surface area contributed by atoms with Crippen molar-refractivity contribution in [2.75, 3.05) is 20.2 Å². The highest BCUT2D eigenvalue weighted by atomic mass is 35.5. The molecule has 1 aliphatic rings. The van der Waals surface area contributed by atoms with Crippen LogP contribution in [0.25, 0.3) is 28.0 Å². The zero-order valence-corrected chi connectivity index (χ0v) is 28.5. The number of ether oxygens (including phenoxy) is 2. The number of aliphatic hydroxyl groups is 1. The van der Waals surface area contributed by atoms with Crippen molar-refractivity contribution in [3.8, 4) is 28.3 Å². The summed E-state index contributed by atoms with van der Waals surface area (Å²) < 4.78 is 12.8. The van der Waals surface area contributed by atoms with Gasteiger partial charge in [0.2, 0.25) is 11.8 Å². The molecule has 12 nitrogen and oxygen atoms in total. The van der Waals surface area contributed by atoms with E-state index in [1.807, 2.05) is 36.4 Å². The average Bonchev–Trinajstić information content (AvgIpc) is 3.45. The van der Waals surface area contributed by atoms with E-state index >= 15 is 0 Å². The molecule has 0 spiro atoms. The largest absolute Gasteiger partial charge is 0.481 e. The fourth-order valence-corrected chi connectivity index (χ4v) is 5.83. The molecule has 4 heterocycles. The first-order valence-corrected chi connectivity index (χ1v) is 16.2. The van der Waals surface area contributed by atoms with Crippen LogP contribution >= 0.6 is 11.6 Å². The van der Waals surface area contributed by atoms with Crippen LogP contribution < -0.4 is 20.9 Å². The number of methoxy groups -OCH3 is 1. The molecule has 13 heteroatoms. The molecular weight excluding hydrogens is 636 g/mol. The standard InChI is InChI=1S/C35H41ClN6O6/c1-21(43)16-37-17-24-18-38-29-15-22(13-14-42(29)33(24)45)26-7-6-8-27(31(26)36)28-11-9-23(32(40-28)47-5)19-41(34(46)48-35(2,3)4)20-25-10-12-30(44)39-25/h6-9,11,13-15,18,21,25,37,43H,10,12,16-17,19-20H2,1-5H3,(H,39,44)/t21-,25+/m1/s1. The van der Waals surface area contributed by atoms with Gasteiger partial charge in [0.15, 0.2) is 0 Å². The normalized spacial score (nSPS) is 15.3. The number of hydrogen-bond donors (Lipinski definition) is 3. The molecule has 2 amide bonds. The maximum atomic E-state index is 13.2. The Labute approximate surface area is 284 Å². The molecule has 0 bridgehead atoms. The van der Waals surface area contributed by atoms with Crippen LogP contribution in [0.4, 0.5) is 4.79 Å². The van der Waals surface area contributed by atoms with Crippen molar-refractivity contribution in [1.29, 1.82) is 0 Å². The van der Waals surface area contributed by atoms with Crippen molar-refractivity contribution in [2.45, 2.75) is 71.4 Å². The van der Waals surface area contributed by atoms with Crippen LogP contribution in [0.2, 0.25) is 5.02 Å². The second-order valence-corrected chi connectivity index (χ2v) is 13.3. The molecule has 5 rings (SSSR count). The molecule has 1 aliphatic heterocycles. The van der Waals surface area contributed by atoms with Crippen molar-refractivity contribution in [2.24, 2.45) is 0 Å². The van der Waals surface area contributed by atoms with Crippen LogP contribution in [-0.4, -0.2) is 74.3 Å². The monoisotopic (exact) mass is 676 g/mol. The molecule has 3 aromatic heterocycles. The summed E-state index contributed by atoms with van der Waals surface area (Å²) in [7, 11) is 1.52. The maximum absolute atomic E-state index is 13.2. The van der Waals surface area contributed by atoms with Crippen molar-refractivity contribution < 1.29 is 24.2 Å². The van der Waals surface area contributed by atoms with E-state index in [0.717, 1.165) is 11.1 Å². The molecular formula is C35H41ClN6O6. The minimum absolute atomic E-state index is 0.0348. The molecule has 254 valence electrons. The number of halogens is 1. The van der Waals surface area contributed by atoms with Gasteiger partial charge >= 0.3 is 6.09 Å². The summed E-state index contributed by atoms with van der Waals surface area (Å²) in [6, 6.07) is 12.7. The Morgan fingerprint density at radius 1 is 1.19 bits per heavy atom. The summed E-state index contributed by atoms with van der Waals surface area (Å²) in [6.45, 7) is 8.19. The van der Waals surface area contributed by atoms with E-state index in [0.29, 0.717) is 64.9 Å². The fourth-order valence-electron chi connectivity index (χ4n) is 5.50. The van der Waals surface area contributed by atoms with E-state index in [1.165, 1.54) is 11.5 Å². The Morgan fingerprint density at radius 2 is 1.96 bits per heavy atom. The Hall–Kier alpha value is -4.52. The summed E-state index contributed by atoms with van der Waals surface area (Å²) in [5.41, 5.74) is 3.46. The summed E-state index contributed by atoms with van der Waals surface area (Å²) >= 11 is 7.00. The van der Waals surface area contributed by atoms with Gasteiger partial charge in [-0.05, 0) is 63.9 Å². The first-order chi connectivity index (χ1) is 22.8. The van der Waals surface area contributed by atoms with E-state index < -0.39 is 17.8 Å². The Balaban J connectivity index is 1.41. The van der Waals surface area contributed by atoms with Gasteiger partial charge in [-0.25, -0.2) is 14.8 Å². The Bertz CT molecular complexity index is 1870. The summed E-state index contributed by atoms with van der Waals surface area (Å²) in [5, 5.41) is 15.9. The van der Waals surface area contributed by atoms with Gasteiger partial charge in [0.1, 0.15) is 11.2 Å². The van der Waals surface area contributed by atoms with Crippen molar-refractivity contribution in [3.05, 3.63) is 81.4 Å². The van der Waals surface area contributed by atoms with Gasteiger partial charge < -0.3 is 30.1 Å². The predicted octanol–water partition coefficient (Wildman–Crippen LogP) is 4.57. The number of carbonyl (C=O) groups excluding carboxylic acids is 2. The van der Waals surface area contributed by atoms with Crippen molar-refractivity contribution >= 4 is 29.2 Å². The second kappa shape index (κ2) is 14.7. The number of aromatic nitrogens is 3. The summed E-state index contributed by atoms with van der Waals surface area (Å²) in [5.74, 6) is 0.290. The molecule has 1 aromatic carbocycles. The summed E-state index contributed by atoms with van der Waals surface area (Å²) in [6.07, 6.45) is 3.25. The van der Waals surface area contributed by atoms with Crippen LogP contribution in [0.3, 0.4) is 0 Å². The number of nitrogens with one attached hydrogen (secondary N) is 2. The number of amides is 2. The highest BCUT2D eigenvalue weighted by molar-refractivity contribution is 6.36. The number of fused-ring (bicyclic) bond motifs is 1. The van der Waals surface area contributed by atoms with E-state index in [1.54, 1.807) is 51.1 Å². The van der Waals surface area contributed by atoms with E-state index in [2.05, 4.69) is 15.6 Å². The average molecular weight is 677 g/mol. The zero-order chi connectivity index (χ0) is 34.6. The molecule has 0 aliphatic carbocycles.